The first-order chi connectivity index (χ1) is 11.5. The van der Waals surface area contributed by atoms with Crippen LogP contribution in [-0.2, 0) is 4.74 Å². The Labute approximate surface area is 145 Å². The molecule has 1 fully saturated rings. The molecule has 0 aliphatic carbocycles. The van der Waals surface area contributed by atoms with E-state index < -0.39 is 0 Å². The van der Waals surface area contributed by atoms with Gasteiger partial charge in [0.15, 0.2) is 0 Å². The molecule has 1 saturated heterocycles. The summed E-state index contributed by atoms with van der Waals surface area (Å²) in [5.74, 6) is 1.65. The SMILES string of the molecule is Cc1cc(C(C)C)cnc1C.Cc1ccc(N2CCOCC2)nc1. The first-order valence-corrected chi connectivity index (χ1v) is 8.66. The molecular weight excluding hydrogens is 298 g/mol. The van der Waals surface area contributed by atoms with E-state index in [0.29, 0.717) is 5.92 Å². The molecule has 2 aromatic rings. The van der Waals surface area contributed by atoms with Crippen LogP contribution in [0.25, 0.3) is 0 Å². The van der Waals surface area contributed by atoms with Crippen LogP contribution in [0, 0.1) is 20.8 Å². The molecule has 1 aliphatic rings. The van der Waals surface area contributed by atoms with Crippen LogP contribution in [0.4, 0.5) is 5.82 Å². The Kier molecular flexibility index (Phi) is 6.73. The molecule has 4 heteroatoms. The number of aryl methyl sites for hydroxylation is 3. The predicted octanol–water partition coefficient (Wildman–Crippen LogP) is 4.05. The summed E-state index contributed by atoms with van der Waals surface area (Å²) in [4.78, 5) is 10.9. The Bertz CT molecular complexity index is 632. The summed E-state index contributed by atoms with van der Waals surface area (Å²) in [6.07, 6.45) is 3.87. The lowest BCUT2D eigenvalue weighted by Gasteiger charge is -2.27. The van der Waals surface area contributed by atoms with Crippen LogP contribution in [0.1, 0.15) is 42.1 Å². The van der Waals surface area contributed by atoms with Crippen molar-refractivity contribution < 1.29 is 4.74 Å². The third kappa shape index (κ3) is 5.31. The number of aromatic nitrogens is 2. The van der Waals surface area contributed by atoms with Crippen LogP contribution in [0.15, 0.2) is 30.6 Å². The molecule has 0 aromatic carbocycles. The Morgan fingerprint density at radius 1 is 1.00 bits per heavy atom. The van der Waals surface area contributed by atoms with Crippen LogP contribution < -0.4 is 4.90 Å². The second-order valence-electron chi connectivity index (χ2n) is 6.62. The predicted molar refractivity (Wildman–Crippen MR) is 99.8 cm³/mol. The van der Waals surface area contributed by atoms with Crippen molar-refractivity contribution in [2.45, 2.75) is 40.5 Å². The molecule has 24 heavy (non-hydrogen) atoms. The van der Waals surface area contributed by atoms with Gasteiger partial charge in [0.05, 0.1) is 13.2 Å². The molecule has 0 amide bonds. The summed E-state index contributed by atoms with van der Waals surface area (Å²) in [7, 11) is 0. The van der Waals surface area contributed by atoms with Crippen LogP contribution in [-0.4, -0.2) is 36.3 Å². The van der Waals surface area contributed by atoms with E-state index in [1.807, 2.05) is 19.3 Å². The van der Waals surface area contributed by atoms with Crippen LogP contribution in [0.2, 0.25) is 0 Å². The lowest BCUT2D eigenvalue weighted by Crippen LogP contribution is -2.36. The number of nitrogens with zero attached hydrogens (tertiary/aromatic N) is 3. The van der Waals surface area contributed by atoms with E-state index in [-0.39, 0.29) is 0 Å². The number of morpholine rings is 1. The summed E-state index contributed by atoms with van der Waals surface area (Å²) in [5.41, 5.74) is 4.95. The number of rotatable bonds is 2. The Morgan fingerprint density at radius 3 is 2.25 bits per heavy atom. The summed E-state index contributed by atoms with van der Waals surface area (Å²) in [5, 5.41) is 0. The fourth-order valence-electron chi connectivity index (χ4n) is 2.42. The molecule has 3 heterocycles. The smallest absolute Gasteiger partial charge is 0.128 e. The van der Waals surface area contributed by atoms with Gasteiger partial charge < -0.3 is 9.64 Å². The van der Waals surface area contributed by atoms with Gasteiger partial charge >= 0.3 is 0 Å². The van der Waals surface area contributed by atoms with Crippen molar-refractivity contribution in [1.29, 1.82) is 0 Å². The van der Waals surface area contributed by atoms with Gasteiger partial charge in [-0.05, 0) is 49.4 Å². The van der Waals surface area contributed by atoms with Gasteiger partial charge in [-0.25, -0.2) is 4.98 Å². The molecule has 130 valence electrons. The minimum Gasteiger partial charge on any atom is -0.378 e. The lowest BCUT2D eigenvalue weighted by atomic mass is 10.0. The lowest BCUT2D eigenvalue weighted by molar-refractivity contribution is 0.122. The highest BCUT2D eigenvalue weighted by atomic mass is 16.5. The number of anilines is 1. The highest BCUT2D eigenvalue weighted by Gasteiger charge is 2.11. The maximum absolute atomic E-state index is 5.28. The summed E-state index contributed by atoms with van der Waals surface area (Å²) < 4.78 is 5.28. The van der Waals surface area contributed by atoms with Gasteiger partial charge in [-0.3, -0.25) is 4.98 Å². The summed E-state index contributed by atoms with van der Waals surface area (Å²) in [6.45, 7) is 14.1. The molecule has 1 aliphatic heterocycles. The van der Waals surface area contributed by atoms with Gasteiger partial charge in [0.2, 0.25) is 0 Å². The molecule has 4 nitrogen and oxygen atoms in total. The van der Waals surface area contributed by atoms with Gasteiger partial charge in [0.1, 0.15) is 5.82 Å². The zero-order chi connectivity index (χ0) is 17.5. The van der Waals surface area contributed by atoms with Crippen molar-refractivity contribution in [2.75, 3.05) is 31.2 Å². The Balaban J connectivity index is 0.000000177. The summed E-state index contributed by atoms with van der Waals surface area (Å²) >= 11 is 0. The molecule has 0 spiro atoms. The normalized spacial score (nSPS) is 14.3. The third-order valence-corrected chi connectivity index (χ3v) is 4.26. The first-order valence-electron chi connectivity index (χ1n) is 8.66. The average Bonchev–Trinajstić information content (AvgIpc) is 2.59. The third-order valence-electron chi connectivity index (χ3n) is 4.26. The Morgan fingerprint density at radius 2 is 1.71 bits per heavy atom. The van der Waals surface area contributed by atoms with Crippen molar-refractivity contribution >= 4 is 5.82 Å². The highest BCUT2D eigenvalue weighted by Crippen LogP contribution is 2.15. The fraction of sp³-hybridized carbons (Fsp3) is 0.500. The van der Waals surface area contributed by atoms with Crippen LogP contribution >= 0.6 is 0 Å². The fourth-order valence-corrected chi connectivity index (χ4v) is 2.42. The summed E-state index contributed by atoms with van der Waals surface area (Å²) in [6, 6.07) is 6.38. The van der Waals surface area contributed by atoms with Gasteiger partial charge in [0.25, 0.3) is 0 Å². The van der Waals surface area contributed by atoms with Crippen molar-refractivity contribution in [3.8, 4) is 0 Å². The number of pyridine rings is 2. The van der Waals surface area contributed by atoms with E-state index in [0.717, 1.165) is 37.8 Å². The van der Waals surface area contributed by atoms with Crippen molar-refractivity contribution in [1.82, 2.24) is 9.97 Å². The van der Waals surface area contributed by atoms with E-state index in [1.165, 1.54) is 16.7 Å². The van der Waals surface area contributed by atoms with Gasteiger partial charge in [-0.2, -0.15) is 0 Å². The molecule has 2 aromatic heterocycles. The largest absolute Gasteiger partial charge is 0.378 e. The van der Waals surface area contributed by atoms with Crippen LogP contribution in [0.5, 0.6) is 0 Å². The second kappa shape index (κ2) is 8.78. The highest BCUT2D eigenvalue weighted by molar-refractivity contribution is 5.39. The Hall–Kier alpha value is -1.94. The molecule has 3 rings (SSSR count). The van der Waals surface area contributed by atoms with E-state index >= 15 is 0 Å². The molecule has 0 atom stereocenters. The monoisotopic (exact) mass is 327 g/mol. The van der Waals surface area contributed by atoms with Gasteiger partial charge in [-0.1, -0.05) is 26.0 Å². The molecule has 0 N–H and O–H groups in total. The maximum atomic E-state index is 5.28. The minimum atomic E-state index is 0.585. The standard InChI is InChI=1S/C10H14N2O.C10H15N/c1-9-2-3-10(11-8-9)12-4-6-13-7-5-12;1-7(2)10-5-8(3)9(4)11-6-10/h2-3,8H,4-7H2,1H3;5-7H,1-4H3. The van der Waals surface area contributed by atoms with Crippen molar-refractivity contribution in [3.63, 3.8) is 0 Å². The maximum Gasteiger partial charge on any atom is 0.128 e. The number of hydrogen-bond donors (Lipinski definition) is 0. The van der Waals surface area contributed by atoms with Gasteiger partial charge in [0, 0.05) is 31.2 Å². The van der Waals surface area contributed by atoms with E-state index in [1.54, 1.807) is 0 Å². The van der Waals surface area contributed by atoms with Gasteiger partial charge in [-0.15, -0.1) is 0 Å². The average molecular weight is 327 g/mol. The quantitative estimate of drug-likeness (QED) is 0.834. The zero-order valence-electron chi connectivity index (χ0n) is 15.5. The molecule has 0 unspecified atom stereocenters. The van der Waals surface area contributed by atoms with E-state index in [2.05, 4.69) is 60.8 Å². The zero-order valence-corrected chi connectivity index (χ0v) is 15.5. The topological polar surface area (TPSA) is 38.2 Å². The van der Waals surface area contributed by atoms with E-state index in [9.17, 15) is 0 Å². The molecule has 0 saturated carbocycles. The van der Waals surface area contributed by atoms with Crippen molar-refractivity contribution in [3.05, 3.63) is 53.0 Å². The van der Waals surface area contributed by atoms with E-state index in [4.69, 9.17) is 4.74 Å². The number of hydrogen-bond acceptors (Lipinski definition) is 4. The minimum absolute atomic E-state index is 0.585. The molecule has 0 bridgehead atoms. The molecule has 0 radical (unpaired) electrons. The number of ether oxygens (including phenoxy) is 1. The second-order valence-corrected chi connectivity index (χ2v) is 6.62. The first kappa shape index (κ1) is 18.4. The van der Waals surface area contributed by atoms with Crippen molar-refractivity contribution in [2.24, 2.45) is 0 Å². The molecular formula is C20H29N3O. The van der Waals surface area contributed by atoms with Crippen LogP contribution in [0.3, 0.4) is 0 Å².